The number of aromatic nitrogens is 1. The molecule has 0 radical (unpaired) electrons. The topological polar surface area (TPSA) is 40.2 Å². The van der Waals surface area contributed by atoms with Gasteiger partial charge >= 0.3 is 0 Å². The van der Waals surface area contributed by atoms with Crippen LogP contribution < -0.4 is 10.6 Å². The van der Waals surface area contributed by atoms with Gasteiger partial charge in [0.15, 0.2) is 0 Å². The third kappa shape index (κ3) is 3.49. The molecule has 4 heteroatoms. The Kier molecular flexibility index (Phi) is 4.63. The van der Waals surface area contributed by atoms with E-state index in [4.69, 9.17) is 0 Å². The van der Waals surface area contributed by atoms with Gasteiger partial charge in [-0.15, -0.1) is 0 Å². The highest BCUT2D eigenvalue weighted by Gasteiger charge is 2.35. The zero-order chi connectivity index (χ0) is 14.7. The van der Waals surface area contributed by atoms with Gasteiger partial charge in [0.2, 0.25) is 0 Å². The van der Waals surface area contributed by atoms with Crippen LogP contribution in [0.4, 0.5) is 11.5 Å². The molecule has 2 bridgehead atoms. The van der Waals surface area contributed by atoms with Crippen molar-refractivity contribution in [3.05, 3.63) is 18.3 Å². The summed E-state index contributed by atoms with van der Waals surface area (Å²) in [6.07, 6.45) is 9.70. The van der Waals surface area contributed by atoms with E-state index in [0.29, 0.717) is 6.04 Å². The molecule has 21 heavy (non-hydrogen) atoms. The number of hydrogen-bond donors (Lipinski definition) is 2. The van der Waals surface area contributed by atoms with Gasteiger partial charge in [-0.05, 0) is 45.2 Å². The molecule has 0 amide bonds. The summed E-state index contributed by atoms with van der Waals surface area (Å²) >= 11 is 0. The van der Waals surface area contributed by atoms with E-state index in [1.807, 2.05) is 6.20 Å². The fraction of sp³-hybridized carbons (Fsp3) is 0.706. The van der Waals surface area contributed by atoms with Crippen molar-refractivity contribution in [2.45, 2.75) is 63.6 Å². The molecule has 3 rings (SSSR count). The molecule has 2 fully saturated rings. The van der Waals surface area contributed by atoms with Crippen molar-refractivity contribution in [3.8, 4) is 0 Å². The number of piperidine rings is 2. The van der Waals surface area contributed by atoms with Gasteiger partial charge in [-0.1, -0.05) is 13.3 Å². The number of nitrogens with zero attached hydrogens (tertiary/aromatic N) is 2. The van der Waals surface area contributed by atoms with Gasteiger partial charge in [0.1, 0.15) is 5.82 Å². The molecule has 116 valence electrons. The highest BCUT2D eigenvalue weighted by atomic mass is 15.2. The molecule has 2 aliphatic rings. The van der Waals surface area contributed by atoms with Crippen LogP contribution in [0.15, 0.2) is 18.3 Å². The minimum absolute atomic E-state index is 0.609. The average molecular weight is 288 g/mol. The van der Waals surface area contributed by atoms with Gasteiger partial charge in [-0.3, -0.25) is 0 Å². The summed E-state index contributed by atoms with van der Waals surface area (Å²) in [5, 5.41) is 7.10. The molecular weight excluding hydrogens is 260 g/mol. The SMILES string of the molecule is CCCNc1cc(NC2CC3CCCC(C2)N3C)ccn1. The molecule has 2 N–H and O–H groups in total. The third-order valence-electron chi connectivity index (χ3n) is 5.03. The highest BCUT2D eigenvalue weighted by Crippen LogP contribution is 2.33. The first kappa shape index (κ1) is 14.6. The molecule has 2 atom stereocenters. The molecule has 4 nitrogen and oxygen atoms in total. The Bertz CT molecular complexity index is 448. The van der Waals surface area contributed by atoms with Crippen molar-refractivity contribution in [2.75, 3.05) is 24.2 Å². The lowest BCUT2D eigenvalue weighted by Crippen LogP contribution is -2.52. The number of hydrogen-bond acceptors (Lipinski definition) is 4. The molecule has 1 aromatic rings. The van der Waals surface area contributed by atoms with Crippen LogP contribution in [-0.4, -0.2) is 41.6 Å². The van der Waals surface area contributed by atoms with E-state index in [1.54, 1.807) is 0 Å². The number of nitrogens with one attached hydrogen (secondary N) is 2. The second kappa shape index (κ2) is 6.65. The highest BCUT2D eigenvalue weighted by molar-refractivity contribution is 5.52. The fourth-order valence-electron chi connectivity index (χ4n) is 3.84. The van der Waals surface area contributed by atoms with Crippen LogP contribution in [0.2, 0.25) is 0 Å². The molecule has 2 unspecified atom stereocenters. The van der Waals surface area contributed by atoms with E-state index in [-0.39, 0.29) is 0 Å². The smallest absolute Gasteiger partial charge is 0.127 e. The van der Waals surface area contributed by atoms with E-state index in [0.717, 1.165) is 30.9 Å². The lowest BCUT2D eigenvalue weighted by atomic mass is 9.82. The zero-order valence-electron chi connectivity index (χ0n) is 13.3. The van der Waals surface area contributed by atoms with Crippen molar-refractivity contribution in [1.29, 1.82) is 0 Å². The molecular formula is C17H28N4. The second-order valence-electron chi connectivity index (χ2n) is 6.57. The Morgan fingerprint density at radius 1 is 1.29 bits per heavy atom. The lowest BCUT2D eigenvalue weighted by Gasteiger charge is -2.47. The van der Waals surface area contributed by atoms with Crippen molar-refractivity contribution in [2.24, 2.45) is 0 Å². The number of anilines is 2. The zero-order valence-corrected chi connectivity index (χ0v) is 13.3. The first-order valence-electron chi connectivity index (χ1n) is 8.44. The number of fused-ring (bicyclic) bond motifs is 2. The molecule has 1 aromatic heterocycles. The Morgan fingerprint density at radius 2 is 2.05 bits per heavy atom. The molecule has 0 spiro atoms. The maximum absolute atomic E-state index is 4.38. The summed E-state index contributed by atoms with van der Waals surface area (Å²) in [4.78, 5) is 6.99. The van der Waals surface area contributed by atoms with Crippen LogP contribution in [0.5, 0.6) is 0 Å². The summed E-state index contributed by atoms with van der Waals surface area (Å²) in [5.41, 5.74) is 1.20. The molecule has 2 aliphatic heterocycles. The van der Waals surface area contributed by atoms with Gasteiger partial charge in [0.25, 0.3) is 0 Å². The van der Waals surface area contributed by atoms with Gasteiger partial charge < -0.3 is 15.5 Å². The van der Waals surface area contributed by atoms with Crippen molar-refractivity contribution in [1.82, 2.24) is 9.88 Å². The van der Waals surface area contributed by atoms with Crippen molar-refractivity contribution < 1.29 is 0 Å². The lowest BCUT2D eigenvalue weighted by molar-refractivity contribution is 0.0608. The van der Waals surface area contributed by atoms with Gasteiger partial charge in [-0.2, -0.15) is 0 Å². The van der Waals surface area contributed by atoms with Crippen molar-refractivity contribution in [3.63, 3.8) is 0 Å². The maximum atomic E-state index is 4.38. The summed E-state index contributed by atoms with van der Waals surface area (Å²) in [6, 6.07) is 6.39. The summed E-state index contributed by atoms with van der Waals surface area (Å²) in [6.45, 7) is 3.15. The van der Waals surface area contributed by atoms with Gasteiger partial charge in [0, 0.05) is 42.6 Å². The second-order valence-corrected chi connectivity index (χ2v) is 6.57. The van der Waals surface area contributed by atoms with E-state index < -0.39 is 0 Å². The summed E-state index contributed by atoms with van der Waals surface area (Å²) < 4.78 is 0. The quantitative estimate of drug-likeness (QED) is 0.872. The normalized spacial score (nSPS) is 29.1. The van der Waals surface area contributed by atoms with E-state index >= 15 is 0 Å². The fourth-order valence-corrected chi connectivity index (χ4v) is 3.84. The van der Waals surface area contributed by atoms with Gasteiger partial charge in [-0.25, -0.2) is 4.98 Å². The van der Waals surface area contributed by atoms with Crippen LogP contribution in [-0.2, 0) is 0 Å². The Morgan fingerprint density at radius 3 is 2.76 bits per heavy atom. The van der Waals surface area contributed by atoms with Crippen LogP contribution in [0, 0.1) is 0 Å². The van der Waals surface area contributed by atoms with E-state index in [1.165, 1.54) is 37.8 Å². The molecule has 3 heterocycles. The molecule has 0 aromatic carbocycles. The molecule has 0 saturated carbocycles. The van der Waals surface area contributed by atoms with E-state index in [2.05, 4.69) is 46.6 Å². The first-order chi connectivity index (χ1) is 10.3. The largest absolute Gasteiger partial charge is 0.382 e. The number of rotatable bonds is 5. The first-order valence-corrected chi connectivity index (χ1v) is 8.44. The average Bonchev–Trinajstić information content (AvgIpc) is 2.47. The maximum Gasteiger partial charge on any atom is 0.127 e. The minimum Gasteiger partial charge on any atom is -0.382 e. The van der Waals surface area contributed by atoms with Crippen LogP contribution >= 0.6 is 0 Å². The monoisotopic (exact) mass is 288 g/mol. The standard InChI is InChI=1S/C17H28N4/c1-3-8-18-17-12-13(7-9-19-17)20-14-10-15-5-4-6-16(11-14)21(15)2/h7,9,12,14-16H,3-6,8,10-11H2,1-2H3,(H2,18,19,20). The number of pyridine rings is 1. The predicted octanol–water partition coefficient (Wildman–Crippen LogP) is 3.33. The third-order valence-corrected chi connectivity index (χ3v) is 5.03. The molecule has 0 aliphatic carbocycles. The van der Waals surface area contributed by atoms with Crippen LogP contribution in [0.1, 0.15) is 45.4 Å². The van der Waals surface area contributed by atoms with E-state index in [9.17, 15) is 0 Å². The minimum atomic E-state index is 0.609. The van der Waals surface area contributed by atoms with Crippen LogP contribution in [0.25, 0.3) is 0 Å². The Labute approximate surface area is 128 Å². The Hall–Kier alpha value is -1.29. The van der Waals surface area contributed by atoms with Crippen LogP contribution in [0.3, 0.4) is 0 Å². The Balaban J connectivity index is 1.61. The summed E-state index contributed by atoms with van der Waals surface area (Å²) in [7, 11) is 2.31. The van der Waals surface area contributed by atoms with Crippen molar-refractivity contribution >= 4 is 11.5 Å². The predicted molar refractivity (Wildman–Crippen MR) is 88.9 cm³/mol. The molecule has 2 saturated heterocycles. The van der Waals surface area contributed by atoms with Gasteiger partial charge in [0.05, 0.1) is 0 Å². The summed E-state index contributed by atoms with van der Waals surface area (Å²) in [5.74, 6) is 0.981.